The van der Waals surface area contributed by atoms with Crippen molar-refractivity contribution < 1.29 is 84.8 Å². The minimum absolute atomic E-state index is 0.00455. The van der Waals surface area contributed by atoms with Crippen molar-refractivity contribution in [1.82, 2.24) is 62.5 Å². The van der Waals surface area contributed by atoms with Crippen LogP contribution in [-0.2, 0) is 95.5 Å². The monoisotopic (exact) mass is 1590 g/mol. The Balaban J connectivity index is 0.00000118. The molecule has 25 nitrogen and oxygen atoms in total. The fraction of sp³-hybridized carbons (Fsp3) is 0.500. The number of H-pyrrole nitrogens is 1. The molecule has 14 N–H and O–H groups in total. The Morgan fingerprint density at radius 1 is 0.691 bits per heavy atom. The van der Waals surface area contributed by atoms with E-state index in [1.165, 1.54) is 49.4 Å². The van der Waals surface area contributed by atoms with Crippen molar-refractivity contribution in [1.29, 1.82) is 0 Å². The van der Waals surface area contributed by atoms with E-state index in [0.29, 0.717) is 48.3 Å². The minimum atomic E-state index is -2.50. The molecule has 1 saturated heterocycles. The van der Waals surface area contributed by atoms with Gasteiger partial charge in [-0.15, -0.1) is 5.10 Å². The number of rotatable bonds is 28. The molecule has 8 amide bonds. The molecule has 2 saturated carbocycles. The number of ether oxygens (including phenoxy) is 1. The molecule has 5 aromatic rings. The average molecular weight is 1590 g/mol. The first-order valence-electron chi connectivity index (χ1n) is 37.8. The van der Waals surface area contributed by atoms with Gasteiger partial charge in [-0.05, 0) is 156 Å². The predicted molar refractivity (Wildman–Crippen MR) is 417 cm³/mol. The van der Waals surface area contributed by atoms with Crippen molar-refractivity contribution in [2.24, 2.45) is 5.73 Å². The van der Waals surface area contributed by atoms with Crippen molar-refractivity contribution in [3.63, 3.8) is 0 Å². The van der Waals surface area contributed by atoms with Gasteiger partial charge in [-0.2, -0.15) is 0 Å². The third kappa shape index (κ3) is 28.4. The molecule has 110 heavy (non-hydrogen) atoms. The fourth-order valence-corrected chi connectivity index (χ4v) is 15.6. The molecule has 0 bridgehead atoms. The number of aromatic nitrogens is 4. The molecule has 0 spiro atoms. The number of fused-ring (bicyclic) bond motifs is 2. The second-order valence-electron chi connectivity index (χ2n) is 28.2. The van der Waals surface area contributed by atoms with Crippen LogP contribution in [0.3, 0.4) is 0 Å². The number of aliphatic hydroxyl groups excluding tert-OH is 3. The van der Waals surface area contributed by atoms with E-state index in [9.17, 15) is 45.5 Å². The molecule has 30 heteroatoms. The number of unbranched alkanes of at least 4 members (excludes halogenated alkanes) is 4. The van der Waals surface area contributed by atoms with Gasteiger partial charge in [0, 0.05) is 54.5 Å². The van der Waals surface area contributed by atoms with Crippen LogP contribution in [0.4, 0.5) is 6.18 Å². The standard InChI is InChI=1S/C70H94N13O12S2.C10H15.2FH.Ti/c1-44(85)56(41-84)77-69(93)58-43-97-96-42-57(78-65(89)53(36-47-25-9-5-10-26-47)73-61(87)40-83-59-32-13-7-14-33-60(63(59)81-82-83)95-35-21-4-3-8-22-46-23-15-16-24-46)68(92)75-54(37-48-27-11-6-12-28-48)66(90)76-55(38-49-39-72-51-30-18-17-29-50(49)51)67(91)74-52(31-19-20-34-71)64(88)80-62(45(2)86)70(94)79-58;1-6-7(2)9(4)10(5)8(6)3;;;/h5-6,9-12,15-18,23-30,39,44-45,52-58,60,62,72,84-86H,3-4,7-8,13-14,19-22,31-38,40-43,71H2,1-2H3,(H,73,87)(H,74,91)(H,75,92)(H,76,90)(H,77,93)(H,78,89)(H,79,94)(H,80,88);1-5H3;2*1H;/q;;;;+2/p-2/t44-,45-,52+,53+,54+,55-,56-,57+,58+,60?,62+;;;;/m1..../s1. The summed E-state index contributed by atoms with van der Waals surface area (Å²) in [7, 11) is 2.00. The van der Waals surface area contributed by atoms with E-state index in [1.54, 1.807) is 65.5 Å². The zero-order chi connectivity index (χ0) is 79.7. The number of aromatic amines is 1. The molecule has 3 aromatic carbocycles. The summed E-state index contributed by atoms with van der Waals surface area (Å²) in [5.41, 5.74) is 10.00. The van der Waals surface area contributed by atoms with E-state index in [0.717, 1.165) is 96.0 Å². The summed E-state index contributed by atoms with van der Waals surface area (Å²) in [5.74, 6) is 1.63. The molecule has 3 aliphatic carbocycles. The first-order valence-corrected chi connectivity index (χ1v) is 41.5. The molecule has 1 unspecified atom stereocenters. The van der Waals surface area contributed by atoms with E-state index < -0.39 is 135 Å². The molecule has 2 aromatic heterocycles. The van der Waals surface area contributed by atoms with Crippen molar-refractivity contribution in [3.8, 4) is 0 Å². The van der Waals surface area contributed by atoms with Gasteiger partial charge < -0.3 is 73.3 Å². The maximum atomic E-state index is 15.3. The summed E-state index contributed by atoms with van der Waals surface area (Å²) in [5, 5.41) is 63.5. The van der Waals surface area contributed by atoms with Crippen LogP contribution in [-0.4, -0.2) is 174 Å². The van der Waals surface area contributed by atoms with Crippen LogP contribution in [0.25, 0.3) is 10.9 Å². The third-order valence-corrected chi connectivity index (χ3v) is 22.6. The van der Waals surface area contributed by atoms with Gasteiger partial charge in [0.2, 0.25) is 47.3 Å². The van der Waals surface area contributed by atoms with Gasteiger partial charge in [-0.25, -0.2) is 4.68 Å². The summed E-state index contributed by atoms with van der Waals surface area (Å²) >= 11 is -2.50. The van der Waals surface area contributed by atoms with Crippen molar-refractivity contribution in [2.75, 3.05) is 31.3 Å². The number of nitrogens with zero attached hydrogens (tertiary/aromatic N) is 3. The van der Waals surface area contributed by atoms with Crippen LogP contribution in [0.1, 0.15) is 160 Å². The number of carbonyl (C=O) groups excluding carboxylic acids is 8. The Labute approximate surface area is 664 Å². The van der Waals surface area contributed by atoms with Gasteiger partial charge in [0.05, 0.1) is 30.6 Å². The molecular weight excluding hydrogens is 1480 g/mol. The molecule has 11 atom stereocenters. The first kappa shape index (κ1) is 90.4. The van der Waals surface area contributed by atoms with Gasteiger partial charge in [0.15, 0.2) is 0 Å². The first-order chi connectivity index (χ1) is 52.9. The van der Waals surface area contributed by atoms with Gasteiger partial charge in [0.1, 0.15) is 60.6 Å². The van der Waals surface area contributed by atoms with E-state index in [4.69, 9.17) is 10.5 Å². The van der Waals surface area contributed by atoms with Crippen molar-refractivity contribution in [3.05, 3.63) is 180 Å². The normalized spacial score (nSPS) is 22.6. The van der Waals surface area contributed by atoms with Crippen LogP contribution in [0.15, 0.2) is 91.1 Å². The summed E-state index contributed by atoms with van der Waals surface area (Å²) in [6.45, 7) is 13.4. The van der Waals surface area contributed by atoms with Crippen LogP contribution in [0.2, 0.25) is 0 Å². The molecule has 596 valence electrons. The molecule has 10 radical (unpaired) electrons. The number of para-hydroxylation sites is 1. The van der Waals surface area contributed by atoms with E-state index in [-0.39, 0.29) is 56.4 Å². The number of amides is 8. The van der Waals surface area contributed by atoms with Crippen LogP contribution < -0.4 is 48.3 Å². The number of aliphatic hydroxyl groups is 3. The number of nitrogens with two attached hydrogens (primary N) is 1. The molecule has 3 fully saturated rings. The van der Waals surface area contributed by atoms with Crippen LogP contribution >= 0.6 is 21.6 Å². The van der Waals surface area contributed by atoms with Crippen LogP contribution in [0.5, 0.6) is 0 Å². The third-order valence-electron chi connectivity index (χ3n) is 20.2. The number of hydrogen-bond acceptors (Lipinski definition) is 17. The average Bonchev–Trinajstić information content (AvgIpc) is 1.62. The zero-order valence-corrected chi connectivity index (χ0v) is 67.1. The summed E-state index contributed by atoms with van der Waals surface area (Å²) in [6.07, 6.45) is 16.8. The Kier molecular flexibility index (Phi) is 39.1. The summed E-state index contributed by atoms with van der Waals surface area (Å²) in [6, 6.07) is 13.8. The number of hydrogen-bond donors (Lipinski definition) is 13. The van der Waals surface area contributed by atoms with Crippen molar-refractivity contribution >= 4 is 79.7 Å². The number of nitrogens with one attached hydrogen (secondary N) is 9. The zero-order valence-electron chi connectivity index (χ0n) is 63.9. The van der Waals surface area contributed by atoms with Crippen LogP contribution in [0, 0.1) is 61.2 Å². The van der Waals surface area contributed by atoms with E-state index in [1.807, 2.05) is 30.3 Å². The fourth-order valence-electron chi connectivity index (χ4n) is 13.3. The van der Waals surface area contributed by atoms with Gasteiger partial charge in [0.25, 0.3) is 0 Å². The predicted octanol–water partition coefficient (Wildman–Crippen LogP) is 6.98. The van der Waals surface area contributed by atoms with E-state index in [2.05, 4.69) is 118 Å². The van der Waals surface area contributed by atoms with Gasteiger partial charge >= 0.3 is 26.4 Å². The molecule has 4 aliphatic rings. The maximum absolute atomic E-state index is 15.3. The number of halogens is 2. The Morgan fingerprint density at radius 3 is 1.94 bits per heavy atom. The SMILES string of the molecule is C[C@@H](O)[C@@H]1NC(=O)[C@H](CCCCN)NC(=O)[C@@H](Cc2c[nH]c3ccccc23)NC(=O)[C@H](Cc2ccccc2)NC(=O)[C@@H](NC(=O)[C@H](Cc2ccccc2)NC(=O)Cn2nnc3c2CCCCCC3OCCCCCC[C]2[CH][CH][CH][CH]2)CSSC[C@@H](C(=O)N[C@H](CO)[C@@H](C)O)NC1=O.C[C]1[C](C)[C](C)[C](C)[C]1C.[F][Ti][F]. The topological polar surface area (TPSA) is 375 Å². The number of carbonyl (C=O) groups is 8. The second kappa shape index (κ2) is 47.6. The van der Waals surface area contributed by atoms with Gasteiger partial charge in [-0.3, -0.25) is 38.4 Å². The molecular formula is C80H109F2N13O12S2Ti. The van der Waals surface area contributed by atoms with Gasteiger partial charge in [-0.1, -0.05) is 172 Å². The van der Waals surface area contributed by atoms with E-state index >= 15 is 14.4 Å². The Hall–Kier alpha value is -6.83. The summed E-state index contributed by atoms with van der Waals surface area (Å²) < 4.78 is 27.5. The molecule has 3 heterocycles. The summed E-state index contributed by atoms with van der Waals surface area (Å²) in [4.78, 5) is 121. The molecule has 9 rings (SSSR count). The Morgan fingerprint density at radius 2 is 1.29 bits per heavy atom. The second-order valence-corrected chi connectivity index (χ2v) is 31.0. The molecule has 1 aliphatic heterocycles. The quantitative estimate of drug-likeness (QED) is 0.0136. The number of benzene rings is 3. The van der Waals surface area contributed by atoms with Crippen molar-refractivity contribution in [2.45, 2.75) is 224 Å². The Bertz CT molecular complexity index is 3610.